The zero-order valence-corrected chi connectivity index (χ0v) is 16.1. The number of para-hydroxylation sites is 2. The third-order valence-corrected chi connectivity index (χ3v) is 5.27. The highest BCUT2D eigenvalue weighted by Gasteiger charge is 2.35. The van der Waals surface area contributed by atoms with E-state index in [2.05, 4.69) is 10.1 Å². The van der Waals surface area contributed by atoms with Gasteiger partial charge in [0.2, 0.25) is 0 Å². The number of rotatable bonds is 6. The van der Waals surface area contributed by atoms with Gasteiger partial charge in [-0.1, -0.05) is 29.4 Å². The number of hydrogen-bond acceptors (Lipinski definition) is 6. The van der Waals surface area contributed by atoms with Crippen LogP contribution in [0.3, 0.4) is 0 Å². The van der Waals surface area contributed by atoms with Crippen molar-refractivity contribution in [2.24, 2.45) is 0 Å². The lowest BCUT2D eigenvalue weighted by Crippen LogP contribution is -2.56. The highest BCUT2D eigenvalue weighted by Crippen LogP contribution is 2.40. The van der Waals surface area contributed by atoms with E-state index in [1.807, 2.05) is 36.4 Å². The van der Waals surface area contributed by atoms with Gasteiger partial charge >= 0.3 is 0 Å². The van der Waals surface area contributed by atoms with Gasteiger partial charge in [0.25, 0.3) is 11.8 Å². The Morgan fingerprint density at radius 3 is 2.55 bits per heavy atom. The first-order chi connectivity index (χ1) is 14.2. The average molecular weight is 391 g/mol. The molecule has 29 heavy (non-hydrogen) atoms. The summed E-state index contributed by atoms with van der Waals surface area (Å²) >= 11 is 0. The van der Waals surface area contributed by atoms with Gasteiger partial charge in [0.1, 0.15) is 17.6 Å². The van der Waals surface area contributed by atoms with Gasteiger partial charge in [-0.3, -0.25) is 4.79 Å². The quantitative estimate of drug-likeness (QED) is 0.640. The second kappa shape index (κ2) is 7.24. The van der Waals surface area contributed by atoms with Crippen LogP contribution in [-0.2, 0) is 0 Å². The maximum Gasteiger partial charge on any atom is 0.261 e. The highest BCUT2D eigenvalue weighted by molar-refractivity contribution is 5.97. The lowest BCUT2D eigenvalue weighted by Gasteiger charge is -2.39. The normalized spacial score (nSPS) is 16.4. The van der Waals surface area contributed by atoms with Crippen molar-refractivity contribution < 1.29 is 18.8 Å². The Morgan fingerprint density at radius 1 is 1.07 bits per heavy atom. The molecule has 2 aliphatic rings. The van der Waals surface area contributed by atoms with Gasteiger partial charge in [-0.05, 0) is 37.1 Å². The van der Waals surface area contributed by atoms with Crippen molar-refractivity contribution in [1.82, 2.24) is 15.0 Å². The van der Waals surface area contributed by atoms with Gasteiger partial charge in [0, 0.05) is 5.92 Å². The summed E-state index contributed by atoms with van der Waals surface area (Å²) in [7, 11) is 1.57. The lowest BCUT2D eigenvalue weighted by atomic mass is 10.1. The van der Waals surface area contributed by atoms with E-state index in [4.69, 9.17) is 14.0 Å². The minimum absolute atomic E-state index is 0.0541. The number of nitrogens with zero attached hydrogens (tertiary/aromatic N) is 3. The van der Waals surface area contributed by atoms with Crippen LogP contribution in [0.1, 0.15) is 34.9 Å². The monoisotopic (exact) mass is 391 g/mol. The van der Waals surface area contributed by atoms with E-state index >= 15 is 0 Å². The molecule has 7 heteroatoms. The fraction of sp³-hybridized carbons (Fsp3) is 0.318. The summed E-state index contributed by atoms with van der Waals surface area (Å²) in [5.74, 6) is 2.89. The largest absolute Gasteiger partial charge is 0.496 e. The molecule has 1 aliphatic carbocycles. The summed E-state index contributed by atoms with van der Waals surface area (Å²) < 4.78 is 16.9. The number of likely N-dealkylation sites (tertiary alicyclic amines) is 1. The minimum atomic E-state index is -0.0827. The van der Waals surface area contributed by atoms with Crippen LogP contribution in [0.25, 0.3) is 11.5 Å². The molecule has 0 N–H and O–H groups in total. The Bertz CT molecular complexity index is 1040. The van der Waals surface area contributed by atoms with Crippen LogP contribution >= 0.6 is 0 Å². The number of methoxy groups -OCH3 is 1. The highest BCUT2D eigenvalue weighted by atomic mass is 16.5. The fourth-order valence-corrected chi connectivity index (χ4v) is 3.45. The summed E-state index contributed by atoms with van der Waals surface area (Å²) in [5.41, 5.74) is 1.34. The fourth-order valence-electron chi connectivity index (χ4n) is 3.45. The Labute approximate surface area is 168 Å². The van der Waals surface area contributed by atoms with Crippen LogP contribution in [0.4, 0.5) is 0 Å². The molecule has 5 rings (SSSR count). The Hall–Kier alpha value is -3.35. The molecule has 1 amide bonds. The van der Waals surface area contributed by atoms with Crippen LogP contribution in [0, 0.1) is 0 Å². The van der Waals surface area contributed by atoms with Gasteiger partial charge in [0.05, 0.1) is 31.3 Å². The van der Waals surface area contributed by atoms with Crippen molar-refractivity contribution in [2.45, 2.75) is 24.9 Å². The number of carbonyl (C=O) groups excluding carboxylic acids is 1. The maximum atomic E-state index is 12.7. The minimum Gasteiger partial charge on any atom is -0.496 e. The van der Waals surface area contributed by atoms with Crippen LogP contribution in [0.2, 0.25) is 0 Å². The van der Waals surface area contributed by atoms with Crippen molar-refractivity contribution in [3.63, 3.8) is 0 Å². The van der Waals surface area contributed by atoms with Crippen molar-refractivity contribution >= 4 is 5.91 Å². The molecule has 0 atom stereocenters. The van der Waals surface area contributed by atoms with Gasteiger partial charge in [-0.15, -0.1) is 0 Å². The number of aromatic nitrogens is 2. The van der Waals surface area contributed by atoms with Crippen molar-refractivity contribution in [1.29, 1.82) is 0 Å². The van der Waals surface area contributed by atoms with Gasteiger partial charge < -0.3 is 18.9 Å². The van der Waals surface area contributed by atoms with Crippen LogP contribution in [-0.4, -0.2) is 47.3 Å². The Balaban J connectivity index is 1.26. The van der Waals surface area contributed by atoms with Crippen LogP contribution in [0.5, 0.6) is 11.5 Å². The number of amides is 1. The molecule has 2 heterocycles. The Morgan fingerprint density at radius 2 is 1.79 bits per heavy atom. The number of benzene rings is 2. The number of hydrogen-bond donors (Lipinski definition) is 0. The molecule has 0 unspecified atom stereocenters. The molecule has 2 fully saturated rings. The molecule has 148 valence electrons. The molecular formula is C22H21N3O4. The number of carbonyl (C=O) groups is 1. The van der Waals surface area contributed by atoms with Crippen LogP contribution < -0.4 is 9.47 Å². The topological polar surface area (TPSA) is 77.7 Å². The van der Waals surface area contributed by atoms with E-state index in [1.54, 1.807) is 24.1 Å². The maximum absolute atomic E-state index is 12.7. The average Bonchev–Trinajstić information content (AvgIpc) is 3.47. The zero-order chi connectivity index (χ0) is 19.8. The first kappa shape index (κ1) is 17.7. The lowest BCUT2D eigenvalue weighted by molar-refractivity contribution is 0.0177. The molecule has 2 aromatic carbocycles. The van der Waals surface area contributed by atoms with Gasteiger partial charge in [-0.25, -0.2) is 0 Å². The first-order valence-corrected chi connectivity index (χ1v) is 9.75. The molecule has 0 radical (unpaired) electrons. The molecule has 0 bridgehead atoms. The summed E-state index contributed by atoms with van der Waals surface area (Å²) in [5, 5.41) is 4.09. The molecule has 1 saturated carbocycles. The molecular weight excluding hydrogens is 370 g/mol. The first-order valence-electron chi connectivity index (χ1n) is 9.75. The second-order valence-corrected chi connectivity index (χ2v) is 7.38. The van der Waals surface area contributed by atoms with Crippen molar-refractivity contribution in [3.8, 4) is 23.0 Å². The standard InChI is InChI=1S/C22H21N3O4/c1-27-18-8-4-3-7-17(18)22(26)25-12-15(13-25)28-19-9-5-2-6-16(19)21-23-20(24-29-21)14-10-11-14/h2-9,14-15H,10-13H2,1H3. The smallest absolute Gasteiger partial charge is 0.261 e. The number of ether oxygens (including phenoxy) is 2. The predicted octanol–water partition coefficient (Wildman–Crippen LogP) is 3.53. The second-order valence-electron chi connectivity index (χ2n) is 7.38. The van der Waals surface area contributed by atoms with Crippen LogP contribution in [0.15, 0.2) is 53.1 Å². The summed E-state index contributed by atoms with van der Waals surface area (Å²) in [4.78, 5) is 19.0. The molecule has 1 aromatic heterocycles. The summed E-state index contributed by atoms with van der Waals surface area (Å²) in [6, 6.07) is 14.9. The third kappa shape index (κ3) is 3.44. The SMILES string of the molecule is COc1ccccc1C(=O)N1CC(Oc2ccccc2-c2nc(C3CC3)no2)C1. The van der Waals surface area contributed by atoms with E-state index in [0.717, 1.165) is 24.2 Å². The molecule has 1 aliphatic heterocycles. The van der Waals surface area contributed by atoms with Gasteiger partial charge in [0.15, 0.2) is 5.82 Å². The Kier molecular flexibility index (Phi) is 4.42. The molecule has 3 aromatic rings. The molecule has 7 nitrogen and oxygen atoms in total. The van der Waals surface area contributed by atoms with E-state index in [1.165, 1.54) is 0 Å². The zero-order valence-electron chi connectivity index (χ0n) is 16.1. The predicted molar refractivity (Wildman–Crippen MR) is 105 cm³/mol. The van der Waals surface area contributed by atoms with Crippen molar-refractivity contribution in [3.05, 3.63) is 59.9 Å². The van der Waals surface area contributed by atoms with Crippen molar-refractivity contribution in [2.75, 3.05) is 20.2 Å². The summed E-state index contributed by atoms with van der Waals surface area (Å²) in [6.07, 6.45) is 2.16. The summed E-state index contributed by atoms with van der Waals surface area (Å²) in [6.45, 7) is 1.03. The van der Waals surface area contributed by atoms with E-state index in [-0.39, 0.29) is 12.0 Å². The van der Waals surface area contributed by atoms with E-state index in [9.17, 15) is 4.79 Å². The van der Waals surface area contributed by atoms with E-state index < -0.39 is 0 Å². The van der Waals surface area contributed by atoms with Gasteiger partial charge in [-0.2, -0.15) is 4.98 Å². The van der Waals surface area contributed by atoms with E-state index in [0.29, 0.717) is 42.0 Å². The third-order valence-electron chi connectivity index (χ3n) is 5.27. The molecule has 1 saturated heterocycles. The molecule has 0 spiro atoms.